The van der Waals surface area contributed by atoms with Gasteiger partial charge in [0.25, 0.3) is 0 Å². The molecule has 1 aliphatic carbocycles. The second-order valence-corrected chi connectivity index (χ2v) is 4.42. The van der Waals surface area contributed by atoms with E-state index in [9.17, 15) is 9.59 Å². The number of nitrogens with zero attached hydrogens (tertiary/aromatic N) is 1. The average molecular weight is 226 g/mol. The van der Waals surface area contributed by atoms with E-state index in [-0.39, 0.29) is 17.9 Å². The zero-order valence-electron chi connectivity index (χ0n) is 9.57. The van der Waals surface area contributed by atoms with Crippen molar-refractivity contribution in [2.24, 2.45) is 0 Å². The van der Waals surface area contributed by atoms with Gasteiger partial charge in [-0.05, 0) is 25.7 Å². The number of carbonyl (C=O) groups excluding carboxylic acids is 2. The van der Waals surface area contributed by atoms with Crippen molar-refractivity contribution >= 4 is 11.9 Å². The van der Waals surface area contributed by atoms with Gasteiger partial charge in [0, 0.05) is 12.6 Å². The quantitative estimate of drug-likeness (QED) is 0.680. The Morgan fingerprint density at radius 2 is 2.12 bits per heavy atom. The van der Waals surface area contributed by atoms with Crippen LogP contribution in [0.15, 0.2) is 0 Å². The van der Waals surface area contributed by atoms with Crippen molar-refractivity contribution in [3.63, 3.8) is 0 Å². The predicted molar refractivity (Wildman–Crippen MR) is 57.8 cm³/mol. The molecule has 0 aromatic rings. The highest BCUT2D eigenvalue weighted by Crippen LogP contribution is 2.20. The Hall–Kier alpha value is -1.10. The van der Waals surface area contributed by atoms with Gasteiger partial charge in [-0.1, -0.05) is 0 Å². The summed E-state index contributed by atoms with van der Waals surface area (Å²) in [6.45, 7) is 1.02. The van der Waals surface area contributed by atoms with E-state index < -0.39 is 0 Å². The van der Waals surface area contributed by atoms with Crippen molar-refractivity contribution in [2.75, 3.05) is 20.2 Å². The number of carbonyl (C=O) groups is 2. The number of rotatable bonds is 4. The van der Waals surface area contributed by atoms with Gasteiger partial charge in [-0.25, -0.2) is 4.79 Å². The summed E-state index contributed by atoms with van der Waals surface area (Å²) >= 11 is 0. The van der Waals surface area contributed by atoms with Gasteiger partial charge in [0.1, 0.15) is 6.04 Å². The normalized spacial score (nSPS) is 24.6. The molecule has 1 atom stereocenters. The van der Waals surface area contributed by atoms with Gasteiger partial charge in [0.2, 0.25) is 5.91 Å². The third kappa shape index (κ3) is 2.52. The zero-order chi connectivity index (χ0) is 11.5. The third-order valence-corrected chi connectivity index (χ3v) is 3.17. The first-order valence-corrected chi connectivity index (χ1v) is 5.83. The maximum absolute atomic E-state index is 11.9. The summed E-state index contributed by atoms with van der Waals surface area (Å²) < 4.78 is 4.70. The van der Waals surface area contributed by atoms with Crippen molar-refractivity contribution in [3.05, 3.63) is 0 Å². The summed E-state index contributed by atoms with van der Waals surface area (Å²) in [6, 6.07) is 0.154. The molecule has 16 heavy (non-hydrogen) atoms. The maximum atomic E-state index is 11.9. The molecule has 5 heteroatoms. The van der Waals surface area contributed by atoms with Crippen LogP contribution in [0.5, 0.6) is 0 Å². The molecule has 1 unspecified atom stereocenters. The van der Waals surface area contributed by atoms with E-state index in [0.29, 0.717) is 19.1 Å². The Bertz CT molecular complexity index is 289. The molecule has 2 aliphatic rings. The number of ether oxygens (including phenoxy) is 1. The number of esters is 1. The number of amides is 1. The molecule has 2 fully saturated rings. The van der Waals surface area contributed by atoms with Gasteiger partial charge in [-0.15, -0.1) is 0 Å². The lowest BCUT2D eigenvalue weighted by atomic mass is 10.2. The molecule has 5 nitrogen and oxygen atoms in total. The molecular weight excluding hydrogens is 208 g/mol. The first kappa shape index (κ1) is 11.4. The molecule has 1 saturated heterocycles. The minimum atomic E-state index is -0.362. The number of hydrogen-bond donors (Lipinski definition) is 1. The summed E-state index contributed by atoms with van der Waals surface area (Å²) in [6.07, 6.45) is 3.93. The summed E-state index contributed by atoms with van der Waals surface area (Å²) in [5.41, 5.74) is 0. The van der Waals surface area contributed by atoms with E-state index in [1.54, 1.807) is 4.90 Å². The first-order chi connectivity index (χ1) is 7.72. The smallest absolute Gasteiger partial charge is 0.328 e. The zero-order valence-corrected chi connectivity index (χ0v) is 9.57. The minimum Gasteiger partial charge on any atom is -0.467 e. The first-order valence-electron chi connectivity index (χ1n) is 5.83. The van der Waals surface area contributed by atoms with Crippen molar-refractivity contribution in [1.29, 1.82) is 0 Å². The molecule has 0 spiro atoms. The second-order valence-electron chi connectivity index (χ2n) is 4.42. The molecule has 1 N–H and O–H groups in total. The largest absolute Gasteiger partial charge is 0.467 e. The van der Waals surface area contributed by atoms with E-state index in [0.717, 1.165) is 25.7 Å². The van der Waals surface area contributed by atoms with Gasteiger partial charge >= 0.3 is 5.97 Å². The van der Waals surface area contributed by atoms with Crippen LogP contribution in [0.4, 0.5) is 0 Å². The molecule has 1 heterocycles. The van der Waals surface area contributed by atoms with Crippen LogP contribution in [0.25, 0.3) is 0 Å². The topological polar surface area (TPSA) is 58.6 Å². The molecule has 0 aromatic carbocycles. The average Bonchev–Trinajstić information content (AvgIpc) is 2.99. The van der Waals surface area contributed by atoms with Crippen molar-refractivity contribution in [1.82, 2.24) is 10.2 Å². The van der Waals surface area contributed by atoms with Crippen LogP contribution in [0.3, 0.4) is 0 Å². The molecule has 1 saturated carbocycles. The van der Waals surface area contributed by atoms with Gasteiger partial charge in [0.05, 0.1) is 13.7 Å². The molecule has 1 aliphatic heterocycles. The summed E-state index contributed by atoms with van der Waals surface area (Å²) in [5.74, 6) is -0.280. The maximum Gasteiger partial charge on any atom is 0.328 e. The van der Waals surface area contributed by atoms with Crippen molar-refractivity contribution < 1.29 is 14.3 Å². The Kier molecular flexibility index (Phi) is 3.43. The Balaban J connectivity index is 1.85. The Labute approximate surface area is 95.1 Å². The molecular formula is C11H18N2O3. The fourth-order valence-corrected chi connectivity index (χ4v) is 2.07. The summed E-state index contributed by atoms with van der Waals surface area (Å²) in [5, 5.41) is 3.17. The van der Waals surface area contributed by atoms with Crippen LogP contribution in [-0.4, -0.2) is 49.1 Å². The van der Waals surface area contributed by atoms with Crippen LogP contribution in [0.1, 0.15) is 25.7 Å². The van der Waals surface area contributed by atoms with Gasteiger partial charge < -0.3 is 15.0 Å². The molecule has 0 radical (unpaired) electrons. The number of nitrogens with one attached hydrogen (secondary N) is 1. The fourth-order valence-electron chi connectivity index (χ4n) is 2.07. The van der Waals surface area contributed by atoms with E-state index in [1.165, 1.54) is 7.11 Å². The monoisotopic (exact) mass is 226 g/mol. The van der Waals surface area contributed by atoms with E-state index in [4.69, 9.17) is 4.74 Å². The molecule has 90 valence electrons. The van der Waals surface area contributed by atoms with Crippen LogP contribution in [0, 0.1) is 0 Å². The molecule has 1 amide bonds. The van der Waals surface area contributed by atoms with Crippen LogP contribution < -0.4 is 5.32 Å². The Morgan fingerprint density at radius 3 is 2.75 bits per heavy atom. The second kappa shape index (κ2) is 4.82. The summed E-state index contributed by atoms with van der Waals surface area (Å²) in [7, 11) is 1.37. The number of likely N-dealkylation sites (tertiary alicyclic amines) is 1. The highest BCUT2D eigenvalue weighted by atomic mass is 16.5. The Morgan fingerprint density at radius 1 is 1.38 bits per heavy atom. The molecule has 0 bridgehead atoms. The minimum absolute atomic E-state index is 0.0137. The molecule has 0 aromatic heterocycles. The lowest BCUT2D eigenvalue weighted by Crippen LogP contribution is -2.45. The lowest BCUT2D eigenvalue weighted by molar-refractivity contribution is -0.150. The predicted octanol–water partition coefficient (Wildman–Crippen LogP) is -0.0976. The van der Waals surface area contributed by atoms with Crippen LogP contribution in [0.2, 0.25) is 0 Å². The highest BCUT2D eigenvalue weighted by molar-refractivity contribution is 5.86. The van der Waals surface area contributed by atoms with Crippen molar-refractivity contribution in [3.8, 4) is 0 Å². The highest BCUT2D eigenvalue weighted by Gasteiger charge is 2.35. The lowest BCUT2D eigenvalue weighted by Gasteiger charge is -2.22. The summed E-state index contributed by atoms with van der Waals surface area (Å²) in [4.78, 5) is 24.9. The number of methoxy groups -OCH3 is 1. The number of hydrogen-bond acceptors (Lipinski definition) is 4. The molecule has 2 rings (SSSR count). The van der Waals surface area contributed by atoms with E-state index in [1.807, 2.05) is 0 Å². The SMILES string of the molecule is COC(=O)C1CCCN1C(=O)CNC1CC1. The standard InChI is InChI=1S/C11H18N2O3/c1-16-11(15)9-3-2-6-13(9)10(14)7-12-8-4-5-8/h8-9,12H,2-7H2,1H3. The van der Waals surface area contributed by atoms with Crippen LogP contribution in [-0.2, 0) is 14.3 Å². The van der Waals surface area contributed by atoms with E-state index >= 15 is 0 Å². The van der Waals surface area contributed by atoms with Gasteiger partial charge in [0.15, 0.2) is 0 Å². The van der Waals surface area contributed by atoms with Gasteiger partial charge in [-0.2, -0.15) is 0 Å². The third-order valence-electron chi connectivity index (χ3n) is 3.17. The van der Waals surface area contributed by atoms with Gasteiger partial charge in [-0.3, -0.25) is 4.79 Å². The van der Waals surface area contributed by atoms with Crippen LogP contribution >= 0.6 is 0 Å². The van der Waals surface area contributed by atoms with Crippen molar-refractivity contribution in [2.45, 2.75) is 37.8 Å². The van der Waals surface area contributed by atoms with E-state index in [2.05, 4.69) is 5.32 Å². The fraction of sp³-hybridized carbons (Fsp3) is 0.818.